The van der Waals surface area contributed by atoms with Crippen LogP contribution in [0.25, 0.3) is 0 Å². The molecule has 1 aromatic carbocycles. The van der Waals surface area contributed by atoms with Crippen molar-refractivity contribution in [3.8, 4) is 0 Å². The second kappa shape index (κ2) is 7.87. The number of hydrogen-bond donors (Lipinski definition) is 3. The Morgan fingerprint density at radius 1 is 1.11 bits per heavy atom. The molecule has 3 N–H and O–H groups in total. The monoisotopic (exact) mass is 365 g/mol. The Balaban J connectivity index is 1.83. The number of aromatic nitrogens is 3. The molecule has 0 saturated heterocycles. The van der Waals surface area contributed by atoms with Crippen molar-refractivity contribution in [1.82, 2.24) is 20.4 Å². The van der Waals surface area contributed by atoms with Crippen LogP contribution < -0.4 is 16.2 Å². The van der Waals surface area contributed by atoms with Crippen LogP contribution in [0.2, 0.25) is 0 Å². The molecule has 10 nitrogen and oxygen atoms in total. The standard InChI is InChI=1S/C17H15N7O3/c1-11-3-2-4-13(9-11)21-15-14(24(26)27)16(20-10-19-15)22-23-17(25)12-5-7-18-8-6-12/h2-10H,1H3,(H,23,25)(H2,19,20,21,22). The maximum Gasteiger partial charge on any atom is 0.355 e. The van der Waals surface area contributed by atoms with E-state index in [4.69, 9.17) is 0 Å². The Labute approximate surface area is 153 Å². The van der Waals surface area contributed by atoms with E-state index >= 15 is 0 Å². The summed E-state index contributed by atoms with van der Waals surface area (Å²) >= 11 is 0. The number of aryl methyl sites for hydroxylation is 1. The summed E-state index contributed by atoms with van der Waals surface area (Å²) in [5, 5.41) is 14.4. The molecule has 2 heterocycles. The summed E-state index contributed by atoms with van der Waals surface area (Å²) in [4.78, 5) is 34.6. The highest BCUT2D eigenvalue weighted by atomic mass is 16.6. The summed E-state index contributed by atoms with van der Waals surface area (Å²) in [5.41, 5.74) is 6.42. The van der Waals surface area contributed by atoms with Crippen molar-refractivity contribution >= 4 is 28.9 Å². The summed E-state index contributed by atoms with van der Waals surface area (Å²) in [5.74, 6) is -0.632. The van der Waals surface area contributed by atoms with E-state index < -0.39 is 16.5 Å². The number of hydrogen-bond acceptors (Lipinski definition) is 8. The Bertz CT molecular complexity index is 979. The smallest absolute Gasteiger partial charge is 0.334 e. The number of nitro groups is 1. The lowest BCUT2D eigenvalue weighted by molar-refractivity contribution is -0.383. The molecule has 0 fully saturated rings. The van der Waals surface area contributed by atoms with Gasteiger partial charge >= 0.3 is 5.69 Å². The molecule has 3 rings (SSSR count). The van der Waals surface area contributed by atoms with Crippen LogP contribution in [0.1, 0.15) is 15.9 Å². The number of hydrazine groups is 1. The lowest BCUT2D eigenvalue weighted by atomic mass is 10.2. The van der Waals surface area contributed by atoms with Gasteiger partial charge in [0.1, 0.15) is 6.33 Å². The second-order valence-corrected chi connectivity index (χ2v) is 5.49. The summed E-state index contributed by atoms with van der Waals surface area (Å²) in [6.45, 7) is 1.90. The van der Waals surface area contributed by atoms with E-state index in [1.54, 1.807) is 6.07 Å². The van der Waals surface area contributed by atoms with Gasteiger partial charge in [-0.2, -0.15) is 0 Å². The number of rotatable bonds is 6. The van der Waals surface area contributed by atoms with Gasteiger partial charge in [-0.1, -0.05) is 12.1 Å². The highest BCUT2D eigenvalue weighted by Crippen LogP contribution is 2.30. The highest BCUT2D eigenvalue weighted by Gasteiger charge is 2.23. The topological polar surface area (TPSA) is 135 Å². The Hall–Kier alpha value is -4.08. The first-order valence-electron chi connectivity index (χ1n) is 7.84. The van der Waals surface area contributed by atoms with Gasteiger partial charge in [-0.3, -0.25) is 30.7 Å². The molecule has 10 heteroatoms. The maximum atomic E-state index is 12.1. The molecular formula is C17H15N7O3. The third kappa shape index (κ3) is 4.31. The van der Waals surface area contributed by atoms with E-state index in [0.29, 0.717) is 11.3 Å². The third-order valence-electron chi connectivity index (χ3n) is 3.52. The van der Waals surface area contributed by atoms with Crippen molar-refractivity contribution in [1.29, 1.82) is 0 Å². The van der Waals surface area contributed by atoms with Gasteiger partial charge in [0.2, 0.25) is 11.6 Å². The molecule has 0 radical (unpaired) electrons. The third-order valence-corrected chi connectivity index (χ3v) is 3.52. The van der Waals surface area contributed by atoms with Crippen LogP contribution in [0.15, 0.2) is 55.1 Å². The Morgan fingerprint density at radius 3 is 2.56 bits per heavy atom. The summed E-state index contributed by atoms with van der Waals surface area (Å²) in [6, 6.07) is 10.3. The van der Waals surface area contributed by atoms with E-state index in [1.165, 1.54) is 24.5 Å². The zero-order valence-corrected chi connectivity index (χ0v) is 14.2. The van der Waals surface area contributed by atoms with Gasteiger partial charge in [0, 0.05) is 23.6 Å². The maximum absolute atomic E-state index is 12.1. The first-order valence-corrected chi connectivity index (χ1v) is 7.84. The molecule has 1 amide bonds. The van der Waals surface area contributed by atoms with Crippen molar-refractivity contribution in [2.45, 2.75) is 6.92 Å². The zero-order valence-electron chi connectivity index (χ0n) is 14.2. The number of anilines is 3. The van der Waals surface area contributed by atoms with Gasteiger partial charge in [-0.25, -0.2) is 9.97 Å². The van der Waals surface area contributed by atoms with Gasteiger partial charge in [-0.05, 0) is 36.8 Å². The van der Waals surface area contributed by atoms with E-state index in [2.05, 4.69) is 31.1 Å². The lowest BCUT2D eigenvalue weighted by Crippen LogP contribution is -2.30. The molecule has 27 heavy (non-hydrogen) atoms. The van der Waals surface area contributed by atoms with Gasteiger partial charge in [0.15, 0.2) is 0 Å². The van der Waals surface area contributed by atoms with E-state index in [9.17, 15) is 14.9 Å². The van der Waals surface area contributed by atoms with Crippen molar-refractivity contribution in [3.63, 3.8) is 0 Å². The van der Waals surface area contributed by atoms with Crippen molar-refractivity contribution in [3.05, 3.63) is 76.4 Å². The molecule has 0 atom stereocenters. The van der Waals surface area contributed by atoms with Crippen molar-refractivity contribution in [2.24, 2.45) is 0 Å². The second-order valence-electron chi connectivity index (χ2n) is 5.49. The van der Waals surface area contributed by atoms with Gasteiger partial charge in [0.05, 0.1) is 4.92 Å². The van der Waals surface area contributed by atoms with Gasteiger partial charge in [0.25, 0.3) is 5.91 Å². The molecule has 0 spiro atoms. The highest BCUT2D eigenvalue weighted by molar-refractivity contribution is 5.94. The molecule has 0 saturated carbocycles. The van der Waals surface area contributed by atoms with E-state index in [-0.39, 0.29) is 11.6 Å². The molecule has 0 aliphatic heterocycles. The molecule has 2 aromatic heterocycles. The zero-order chi connectivity index (χ0) is 19.2. The average Bonchev–Trinajstić information content (AvgIpc) is 2.66. The fraction of sp³-hybridized carbons (Fsp3) is 0.0588. The molecule has 0 aliphatic carbocycles. The first-order chi connectivity index (χ1) is 13.0. The van der Waals surface area contributed by atoms with Gasteiger partial charge in [-0.15, -0.1) is 0 Å². The number of nitrogens with one attached hydrogen (secondary N) is 3. The molecule has 3 aromatic rings. The predicted octanol–water partition coefficient (Wildman–Crippen LogP) is 2.59. The van der Waals surface area contributed by atoms with E-state index in [0.717, 1.165) is 11.9 Å². The van der Waals surface area contributed by atoms with Gasteiger partial charge < -0.3 is 5.32 Å². The average molecular weight is 365 g/mol. The van der Waals surface area contributed by atoms with Crippen LogP contribution in [-0.2, 0) is 0 Å². The molecule has 0 aliphatic rings. The van der Waals surface area contributed by atoms with Crippen LogP contribution >= 0.6 is 0 Å². The fourth-order valence-corrected chi connectivity index (χ4v) is 2.29. The van der Waals surface area contributed by atoms with E-state index in [1.807, 2.05) is 25.1 Å². The quantitative estimate of drug-likeness (QED) is 0.448. The summed E-state index contributed by atoms with van der Waals surface area (Å²) < 4.78 is 0. The minimum atomic E-state index is -0.626. The van der Waals surface area contributed by atoms with Crippen LogP contribution in [0, 0.1) is 17.0 Å². The lowest BCUT2D eigenvalue weighted by Gasteiger charge is -2.11. The number of nitrogens with zero attached hydrogens (tertiary/aromatic N) is 4. The van der Waals surface area contributed by atoms with Crippen LogP contribution in [0.5, 0.6) is 0 Å². The van der Waals surface area contributed by atoms with Crippen LogP contribution in [-0.4, -0.2) is 25.8 Å². The van der Waals surface area contributed by atoms with Crippen LogP contribution in [0.4, 0.5) is 23.0 Å². The van der Waals surface area contributed by atoms with Crippen LogP contribution in [0.3, 0.4) is 0 Å². The van der Waals surface area contributed by atoms with Crippen molar-refractivity contribution in [2.75, 3.05) is 10.7 Å². The Morgan fingerprint density at radius 2 is 1.85 bits per heavy atom. The van der Waals surface area contributed by atoms with Crippen molar-refractivity contribution < 1.29 is 9.72 Å². The summed E-state index contributed by atoms with van der Waals surface area (Å²) in [7, 11) is 0. The minimum absolute atomic E-state index is 0.00117. The summed E-state index contributed by atoms with van der Waals surface area (Å²) in [6.07, 6.45) is 4.09. The number of carbonyl (C=O) groups excluding carboxylic acids is 1. The molecule has 0 bridgehead atoms. The SMILES string of the molecule is Cc1cccc(Nc2ncnc(NNC(=O)c3ccncc3)c2[N+](=O)[O-])c1. The molecule has 136 valence electrons. The predicted molar refractivity (Wildman–Crippen MR) is 98.5 cm³/mol. The number of amides is 1. The first kappa shape index (κ1) is 17.7. The molecule has 0 unspecified atom stereocenters. The molecular weight excluding hydrogens is 350 g/mol. The number of benzene rings is 1. The normalized spacial score (nSPS) is 10.1. The number of carbonyl (C=O) groups is 1. The number of pyridine rings is 1. The fourth-order valence-electron chi connectivity index (χ4n) is 2.29. The largest absolute Gasteiger partial charge is 0.355 e. The Kier molecular flexibility index (Phi) is 5.17. The minimum Gasteiger partial charge on any atom is -0.334 e.